The van der Waals surface area contributed by atoms with E-state index in [1.807, 2.05) is 36.4 Å². The third kappa shape index (κ3) is 7.58. The van der Waals surface area contributed by atoms with Gasteiger partial charge in [-0.05, 0) is 41.5 Å². The van der Waals surface area contributed by atoms with Crippen molar-refractivity contribution in [2.24, 2.45) is 0 Å². The Labute approximate surface area is 253 Å². The van der Waals surface area contributed by atoms with Crippen molar-refractivity contribution in [3.05, 3.63) is 106 Å². The topological polar surface area (TPSA) is 114 Å². The molecule has 0 saturated carbocycles. The van der Waals surface area contributed by atoms with Crippen molar-refractivity contribution in [1.29, 1.82) is 0 Å². The van der Waals surface area contributed by atoms with Gasteiger partial charge in [0.1, 0.15) is 13.2 Å². The minimum absolute atomic E-state index is 0.0471. The third-order valence-corrected chi connectivity index (χ3v) is 7.68. The number of fused-ring (bicyclic) bond motifs is 1. The molecule has 11 heteroatoms. The zero-order chi connectivity index (χ0) is 30.3. The number of benzene rings is 3. The van der Waals surface area contributed by atoms with Gasteiger partial charge in [0.05, 0.1) is 29.7 Å². The van der Waals surface area contributed by atoms with Crippen LogP contribution in [0.25, 0.3) is 10.9 Å². The van der Waals surface area contributed by atoms with Gasteiger partial charge in [0.2, 0.25) is 11.8 Å². The molecule has 4 aromatic rings. The lowest BCUT2D eigenvalue weighted by Crippen LogP contribution is -2.48. The van der Waals surface area contributed by atoms with E-state index >= 15 is 0 Å². The summed E-state index contributed by atoms with van der Waals surface area (Å²) < 4.78 is 6.70. The number of hydrogen-bond donors (Lipinski definition) is 1. The SMILES string of the molecule is CC(=O)N1CCN(c2ccc3ncn(CC(=O)NC(CC(=O)OCc4ccccc4)c4ccc(Cl)cc4)c(=O)c3c2)CC1. The van der Waals surface area contributed by atoms with Crippen LogP contribution in [0.5, 0.6) is 0 Å². The highest BCUT2D eigenvalue weighted by molar-refractivity contribution is 6.30. The van der Waals surface area contributed by atoms with E-state index in [2.05, 4.69) is 15.2 Å². The predicted molar refractivity (Wildman–Crippen MR) is 164 cm³/mol. The molecular formula is C32H32ClN5O5. The van der Waals surface area contributed by atoms with Crippen molar-refractivity contribution >= 4 is 46.0 Å². The first-order chi connectivity index (χ1) is 20.8. The van der Waals surface area contributed by atoms with Crippen LogP contribution in [0.15, 0.2) is 83.9 Å². The van der Waals surface area contributed by atoms with E-state index in [4.69, 9.17) is 16.3 Å². The number of carbonyl (C=O) groups is 3. The highest BCUT2D eigenvalue weighted by atomic mass is 35.5. The number of piperazine rings is 1. The molecule has 0 aliphatic carbocycles. The fraction of sp³-hybridized carbons (Fsp3) is 0.281. The van der Waals surface area contributed by atoms with E-state index in [0.717, 1.165) is 11.3 Å². The lowest BCUT2D eigenvalue weighted by Gasteiger charge is -2.35. The number of halogens is 1. The molecule has 222 valence electrons. The molecule has 1 aromatic heterocycles. The van der Waals surface area contributed by atoms with Gasteiger partial charge in [-0.15, -0.1) is 0 Å². The Balaban J connectivity index is 1.29. The summed E-state index contributed by atoms with van der Waals surface area (Å²) in [6, 6.07) is 20.9. The smallest absolute Gasteiger partial charge is 0.308 e. The summed E-state index contributed by atoms with van der Waals surface area (Å²) >= 11 is 6.05. The lowest BCUT2D eigenvalue weighted by molar-refractivity contribution is -0.145. The average molecular weight is 602 g/mol. The molecule has 1 aliphatic rings. The third-order valence-electron chi connectivity index (χ3n) is 7.43. The highest BCUT2D eigenvalue weighted by Gasteiger charge is 2.22. The van der Waals surface area contributed by atoms with Crippen LogP contribution in [0.1, 0.15) is 30.5 Å². The van der Waals surface area contributed by atoms with Crippen LogP contribution in [0.2, 0.25) is 5.02 Å². The van der Waals surface area contributed by atoms with E-state index in [9.17, 15) is 19.2 Å². The van der Waals surface area contributed by atoms with Gasteiger partial charge >= 0.3 is 5.97 Å². The molecule has 1 atom stereocenters. The second-order valence-corrected chi connectivity index (χ2v) is 10.8. The normalized spacial score (nSPS) is 13.9. The maximum atomic E-state index is 13.4. The highest BCUT2D eigenvalue weighted by Crippen LogP contribution is 2.22. The molecule has 0 radical (unpaired) electrons. The number of amides is 2. The Morgan fingerprint density at radius 3 is 2.40 bits per heavy atom. The number of anilines is 1. The van der Waals surface area contributed by atoms with Crippen LogP contribution < -0.4 is 15.8 Å². The minimum atomic E-state index is -0.697. The fourth-order valence-electron chi connectivity index (χ4n) is 5.04. The summed E-state index contributed by atoms with van der Waals surface area (Å²) in [5, 5.41) is 3.78. The van der Waals surface area contributed by atoms with E-state index in [1.54, 1.807) is 48.2 Å². The minimum Gasteiger partial charge on any atom is -0.461 e. The number of nitrogens with zero attached hydrogens (tertiary/aromatic N) is 4. The number of nitrogens with one attached hydrogen (secondary N) is 1. The summed E-state index contributed by atoms with van der Waals surface area (Å²) in [6.07, 6.45) is 1.24. The van der Waals surface area contributed by atoms with Crippen molar-refractivity contribution < 1.29 is 19.1 Å². The molecule has 1 fully saturated rings. The summed E-state index contributed by atoms with van der Waals surface area (Å²) in [7, 11) is 0. The van der Waals surface area contributed by atoms with Crippen molar-refractivity contribution in [1.82, 2.24) is 19.8 Å². The molecule has 1 N–H and O–H groups in total. The molecule has 10 nitrogen and oxygen atoms in total. The number of aromatic nitrogens is 2. The van der Waals surface area contributed by atoms with Gasteiger partial charge in [0.25, 0.3) is 5.56 Å². The second kappa shape index (κ2) is 13.5. The number of carbonyl (C=O) groups excluding carboxylic acids is 3. The van der Waals surface area contributed by atoms with Gasteiger partial charge < -0.3 is 19.9 Å². The summed E-state index contributed by atoms with van der Waals surface area (Å²) in [5.74, 6) is -0.897. The van der Waals surface area contributed by atoms with Gasteiger partial charge in [-0.2, -0.15) is 0 Å². The van der Waals surface area contributed by atoms with Crippen LogP contribution >= 0.6 is 11.6 Å². The Morgan fingerprint density at radius 1 is 0.977 bits per heavy atom. The van der Waals surface area contributed by atoms with Crippen LogP contribution in [-0.2, 0) is 32.3 Å². The number of rotatable bonds is 9. The number of hydrogen-bond acceptors (Lipinski definition) is 7. The fourth-order valence-corrected chi connectivity index (χ4v) is 5.17. The maximum Gasteiger partial charge on any atom is 0.308 e. The second-order valence-electron chi connectivity index (χ2n) is 10.4. The Kier molecular flexibility index (Phi) is 9.36. The zero-order valence-corrected chi connectivity index (χ0v) is 24.5. The summed E-state index contributed by atoms with van der Waals surface area (Å²) in [4.78, 5) is 59.3. The van der Waals surface area contributed by atoms with Crippen LogP contribution in [0.4, 0.5) is 5.69 Å². The van der Waals surface area contributed by atoms with E-state index < -0.39 is 17.9 Å². The molecule has 0 bridgehead atoms. The van der Waals surface area contributed by atoms with Gasteiger partial charge in [-0.25, -0.2) is 4.98 Å². The molecule has 5 rings (SSSR count). The van der Waals surface area contributed by atoms with Crippen molar-refractivity contribution in [3.8, 4) is 0 Å². The molecule has 1 saturated heterocycles. The van der Waals surface area contributed by atoms with Gasteiger partial charge in [0.15, 0.2) is 0 Å². The largest absolute Gasteiger partial charge is 0.461 e. The molecule has 0 spiro atoms. The maximum absolute atomic E-state index is 13.4. The summed E-state index contributed by atoms with van der Waals surface area (Å²) in [5.41, 5.74) is 2.55. The van der Waals surface area contributed by atoms with E-state index in [1.165, 1.54) is 10.9 Å². The first kappa shape index (κ1) is 29.8. The molecule has 2 heterocycles. The molecule has 3 aromatic carbocycles. The van der Waals surface area contributed by atoms with Gasteiger partial charge in [-0.1, -0.05) is 54.1 Å². The summed E-state index contributed by atoms with van der Waals surface area (Å²) in [6.45, 7) is 3.92. The van der Waals surface area contributed by atoms with Crippen molar-refractivity contribution in [3.63, 3.8) is 0 Å². The van der Waals surface area contributed by atoms with Crippen LogP contribution in [0, 0.1) is 0 Å². The van der Waals surface area contributed by atoms with Crippen LogP contribution in [-0.4, -0.2) is 58.4 Å². The predicted octanol–water partition coefficient (Wildman–Crippen LogP) is 3.71. The number of ether oxygens (including phenoxy) is 1. The van der Waals surface area contributed by atoms with Crippen molar-refractivity contribution in [2.45, 2.75) is 32.5 Å². The van der Waals surface area contributed by atoms with Gasteiger partial charge in [-0.3, -0.25) is 23.7 Å². The molecular weight excluding hydrogens is 570 g/mol. The molecule has 43 heavy (non-hydrogen) atoms. The first-order valence-corrected chi connectivity index (χ1v) is 14.4. The number of esters is 1. The van der Waals surface area contributed by atoms with E-state index in [-0.39, 0.29) is 31.0 Å². The lowest BCUT2D eigenvalue weighted by atomic mass is 10.0. The van der Waals surface area contributed by atoms with Crippen LogP contribution in [0.3, 0.4) is 0 Å². The quantitative estimate of drug-likeness (QED) is 0.291. The van der Waals surface area contributed by atoms with Crippen molar-refractivity contribution in [2.75, 3.05) is 31.1 Å². The Bertz CT molecular complexity index is 1670. The molecule has 2 amide bonds. The average Bonchev–Trinajstić information content (AvgIpc) is 3.02. The van der Waals surface area contributed by atoms with Gasteiger partial charge in [0, 0.05) is 43.8 Å². The monoisotopic (exact) mass is 601 g/mol. The first-order valence-electron chi connectivity index (χ1n) is 14.0. The molecule has 1 aliphatic heterocycles. The Hall–Kier alpha value is -4.70. The standard InChI is InChI=1S/C32H32ClN5O5/c1-22(39)36-13-15-37(16-14-36)26-11-12-28-27(17-26)32(42)38(21-34-28)19-30(40)35-29(24-7-9-25(33)10-8-24)18-31(41)43-20-23-5-3-2-4-6-23/h2-12,17,21,29H,13-16,18-20H2,1H3,(H,35,40). The Morgan fingerprint density at radius 2 is 1.70 bits per heavy atom. The molecule has 1 unspecified atom stereocenters. The zero-order valence-electron chi connectivity index (χ0n) is 23.7. The van der Waals surface area contributed by atoms with E-state index in [0.29, 0.717) is 47.7 Å².